The van der Waals surface area contributed by atoms with Gasteiger partial charge >= 0.3 is 18.4 Å². The Bertz CT molecular complexity index is 1200. The zero-order valence-electron chi connectivity index (χ0n) is 20.0. The Kier molecular flexibility index (Phi) is 6.28. The van der Waals surface area contributed by atoms with Crippen LogP contribution in [0.3, 0.4) is 0 Å². The van der Waals surface area contributed by atoms with Gasteiger partial charge < -0.3 is 14.5 Å². The Labute approximate surface area is 207 Å². The first-order valence-corrected chi connectivity index (χ1v) is 11.1. The smallest absolute Gasteiger partial charge is 0.416 e. The molecule has 0 aliphatic carbocycles. The monoisotopic (exact) mass is 531 g/mol. The lowest BCUT2D eigenvalue weighted by molar-refractivity contribution is -0.151. The zero-order chi connectivity index (χ0) is 27.4. The van der Waals surface area contributed by atoms with Crippen LogP contribution in [-0.2, 0) is 21.9 Å². The van der Waals surface area contributed by atoms with E-state index in [1.165, 1.54) is 12.3 Å². The number of ether oxygens (including phenoxy) is 1. The molecule has 1 aromatic heterocycles. The Morgan fingerprint density at radius 2 is 1.46 bits per heavy atom. The lowest BCUT2D eigenvalue weighted by Crippen LogP contribution is -2.73. The van der Waals surface area contributed by atoms with E-state index in [0.29, 0.717) is 38.3 Å². The van der Waals surface area contributed by atoms with E-state index in [1.807, 2.05) is 0 Å². The third-order valence-corrected chi connectivity index (χ3v) is 5.79. The number of carbonyl (C=O) groups is 2. The minimum Gasteiger partial charge on any atom is -0.444 e. The van der Waals surface area contributed by atoms with Crippen LogP contribution in [0.1, 0.15) is 31.9 Å². The second kappa shape index (κ2) is 8.77. The molecule has 0 bridgehead atoms. The van der Waals surface area contributed by atoms with Crippen LogP contribution in [0.5, 0.6) is 0 Å². The number of nitrogens with zero attached hydrogens (tertiary/aromatic N) is 5. The Morgan fingerprint density at radius 1 is 0.919 bits per heavy atom. The molecule has 0 saturated carbocycles. The fourth-order valence-corrected chi connectivity index (χ4v) is 4.15. The highest BCUT2D eigenvalue weighted by Crippen LogP contribution is 2.40. The lowest BCUT2D eigenvalue weighted by Gasteiger charge is -2.59. The summed E-state index contributed by atoms with van der Waals surface area (Å²) in [6.07, 6.45) is -6.96. The first kappa shape index (κ1) is 26.5. The predicted molar refractivity (Wildman–Crippen MR) is 118 cm³/mol. The highest BCUT2D eigenvalue weighted by Gasteiger charge is 2.55. The third kappa shape index (κ3) is 5.88. The van der Waals surface area contributed by atoms with Gasteiger partial charge in [0.15, 0.2) is 5.82 Å². The summed E-state index contributed by atoms with van der Waals surface area (Å²) in [6.45, 7) is 7.12. The molecule has 0 N–H and O–H groups in total. The minimum atomic E-state index is -5.00. The zero-order valence-corrected chi connectivity index (χ0v) is 20.0. The van der Waals surface area contributed by atoms with E-state index >= 15 is 0 Å². The SMILES string of the molecule is CC(C)(C)OC(=O)N1CC2(CN(C(=O)/C=C\n3cnc(-c4cc(C(F)(F)F)cc(C(F)(F)F)c4)n3)C2)C1. The molecule has 0 unspecified atom stereocenters. The number of hydrogen-bond acceptors (Lipinski definition) is 5. The van der Waals surface area contributed by atoms with Crippen molar-refractivity contribution in [3.8, 4) is 11.4 Å². The van der Waals surface area contributed by atoms with E-state index < -0.39 is 40.7 Å². The molecule has 2 fully saturated rings. The van der Waals surface area contributed by atoms with Crippen LogP contribution in [0.15, 0.2) is 30.6 Å². The number of aromatic nitrogens is 3. The molecule has 1 spiro atoms. The second-order valence-electron chi connectivity index (χ2n) is 10.2. The maximum absolute atomic E-state index is 13.1. The minimum absolute atomic E-state index is 0.0216. The average Bonchev–Trinajstić information content (AvgIpc) is 3.16. The molecule has 2 saturated heterocycles. The van der Waals surface area contributed by atoms with Gasteiger partial charge in [-0.15, -0.1) is 5.10 Å². The van der Waals surface area contributed by atoms with Gasteiger partial charge in [0.2, 0.25) is 5.91 Å². The maximum Gasteiger partial charge on any atom is 0.416 e. The van der Waals surface area contributed by atoms with Crippen LogP contribution in [-0.4, -0.2) is 68.3 Å². The highest BCUT2D eigenvalue weighted by molar-refractivity contribution is 5.91. The Hall–Kier alpha value is -3.58. The highest BCUT2D eigenvalue weighted by atomic mass is 19.4. The molecule has 14 heteroatoms. The normalized spacial score (nSPS) is 17.6. The van der Waals surface area contributed by atoms with Crippen molar-refractivity contribution in [1.29, 1.82) is 0 Å². The number of alkyl halides is 6. The number of rotatable bonds is 3. The van der Waals surface area contributed by atoms with Crippen molar-refractivity contribution in [2.75, 3.05) is 26.2 Å². The topological polar surface area (TPSA) is 80.6 Å². The molecule has 200 valence electrons. The van der Waals surface area contributed by atoms with Gasteiger partial charge in [0.05, 0.1) is 11.1 Å². The quantitative estimate of drug-likeness (QED) is 0.430. The molecular weight excluding hydrogens is 508 g/mol. The van der Waals surface area contributed by atoms with E-state index in [-0.39, 0.29) is 23.2 Å². The van der Waals surface area contributed by atoms with Gasteiger partial charge in [-0.3, -0.25) is 4.79 Å². The van der Waals surface area contributed by atoms with Gasteiger partial charge in [-0.25, -0.2) is 14.5 Å². The Balaban J connectivity index is 1.37. The number of amides is 2. The van der Waals surface area contributed by atoms with Crippen molar-refractivity contribution >= 4 is 18.2 Å². The summed E-state index contributed by atoms with van der Waals surface area (Å²) in [7, 11) is 0. The molecule has 4 rings (SSSR count). The standard InChI is InChI=1S/C23H23F6N5O3/c1-20(2,3)37-19(36)33-11-21(12-33)9-32(10-21)17(35)4-5-34-13-30-18(31-34)14-6-15(22(24,25)26)8-16(7-14)23(27,28)29/h4-8,13H,9-12H2,1-3H3/b5-4-. The molecular formula is C23H23F6N5O3. The molecule has 2 aromatic rings. The second-order valence-corrected chi connectivity index (χ2v) is 10.2. The van der Waals surface area contributed by atoms with Crippen molar-refractivity contribution in [2.24, 2.45) is 5.41 Å². The van der Waals surface area contributed by atoms with E-state index in [4.69, 9.17) is 4.74 Å². The first-order valence-electron chi connectivity index (χ1n) is 11.1. The van der Waals surface area contributed by atoms with Crippen LogP contribution in [0.2, 0.25) is 0 Å². The van der Waals surface area contributed by atoms with Crippen molar-refractivity contribution in [3.05, 3.63) is 41.7 Å². The molecule has 8 nitrogen and oxygen atoms in total. The summed E-state index contributed by atoms with van der Waals surface area (Å²) in [4.78, 5) is 31.4. The number of likely N-dealkylation sites (tertiary alicyclic amines) is 2. The number of carbonyl (C=O) groups excluding carboxylic acids is 2. The van der Waals surface area contributed by atoms with Gasteiger partial charge in [-0.2, -0.15) is 26.3 Å². The van der Waals surface area contributed by atoms with E-state index in [2.05, 4.69) is 10.1 Å². The van der Waals surface area contributed by atoms with Gasteiger partial charge in [0.25, 0.3) is 0 Å². The fraction of sp³-hybridized carbons (Fsp3) is 0.478. The number of hydrogen-bond donors (Lipinski definition) is 0. The largest absolute Gasteiger partial charge is 0.444 e. The van der Waals surface area contributed by atoms with Gasteiger partial charge in [0, 0.05) is 49.4 Å². The van der Waals surface area contributed by atoms with Crippen LogP contribution in [0.25, 0.3) is 17.6 Å². The summed E-state index contributed by atoms with van der Waals surface area (Å²) < 4.78 is 84.9. The summed E-state index contributed by atoms with van der Waals surface area (Å²) >= 11 is 0. The van der Waals surface area contributed by atoms with Crippen molar-refractivity contribution in [2.45, 2.75) is 38.7 Å². The summed E-state index contributed by atoms with van der Waals surface area (Å²) in [5.41, 5.74) is -4.21. The summed E-state index contributed by atoms with van der Waals surface area (Å²) in [5.74, 6) is -0.731. The lowest BCUT2D eigenvalue weighted by atomic mass is 9.73. The Morgan fingerprint density at radius 3 is 1.97 bits per heavy atom. The molecule has 3 heterocycles. The fourth-order valence-electron chi connectivity index (χ4n) is 4.15. The molecule has 37 heavy (non-hydrogen) atoms. The van der Waals surface area contributed by atoms with E-state index in [9.17, 15) is 35.9 Å². The molecule has 1 aromatic carbocycles. The van der Waals surface area contributed by atoms with Gasteiger partial charge in [0.1, 0.15) is 11.9 Å². The summed E-state index contributed by atoms with van der Waals surface area (Å²) in [6, 6.07) is 1.08. The van der Waals surface area contributed by atoms with Gasteiger partial charge in [-0.1, -0.05) is 0 Å². The number of halogens is 6. The van der Waals surface area contributed by atoms with E-state index in [0.717, 1.165) is 11.0 Å². The van der Waals surface area contributed by atoms with Crippen molar-refractivity contribution < 1.29 is 40.7 Å². The molecule has 0 radical (unpaired) electrons. The maximum atomic E-state index is 13.1. The van der Waals surface area contributed by atoms with Crippen molar-refractivity contribution in [3.63, 3.8) is 0 Å². The van der Waals surface area contributed by atoms with Crippen LogP contribution < -0.4 is 0 Å². The van der Waals surface area contributed by atoms with E-state index in [1.54, 1.807) is 30.6 Å². The van der Waals surface area contributed by atoms with Crippen molar-refractivity contribution in [1.82, 2.24) is 24.6 Å². The van der Waals surface area contributed by atoms with Gasteiger partial charge in [-0.05, 0) is 39.0 Å². The molecule has 2 aliphatic rings. The molecule has 0 atom stereocenters. The average molecular weight is 531 g/mol. The number of benzene rings is 1. The van der Waals surface area contributed by atoms with Crippen LogP contribution >= 0.6 is 0 Å². The molecule has 2 amide bonds. The summed E-state index contributed by atoms with van der Waals surface area (Å²) in [5, 5.41) is 3.87. The van der Waals surface area contributed by atoms with Crippen LogP contribution in [0, 0.1) is 5.41 Å². The molecule has 2 aliphatic heterocycles. The predicted octanol–water partition coefficient (Wildman–Crippen LogP) is 4.53. The third-order valence-electron chi connectivity index (χ3n) is 5.79. The van der Waals surface area contributed by atoms with Crippen LogP contribution in [0.4, 0.5) is 31.1 Å². The first-order chi connectivity index (χ1) is 16.9.